The first-order valence-electron chi connectivity index (χ1n) is 20.1. The van der Waals surface area contributed by atoms with E-state index in [2.05, 4.69) is 221 Å². The second-order valence-electron chi connectivity index (χ2n) is 15.8. The lowest BCUT2D eigenvalue weighted by Gasteiger charge is -2.32. The van der Waals surface area contributed by atoms with Crippen LogP contribution in [0.5, 0.6) is 0 Å². The molecule has 11 aromatic rings. The lowest BCUT2D eigenvalue weighted by molar-refractivity contribution is 0.793. The Hall–Kier alpha value is -7.62. The molecule has 0 radical (unpaired) electrons. The molecule has 0 unspecified atom stereocenters. The van der Waals surface area contributed by atoms with Crippen LogP contribution in [0, 0.1) is 0 Å². The van der Waals surface area contributed by atoms with Gasteiger partial charge in [0.1, 0.15) is 0 Å². The van der Waals surface area contributed by atoms with E-state index >= 15 is 0 Å². The summed E-state index contributed by atoms with van der Waals surface area (Å²) in [6, 6.07) is 74.2. The molecular formula is C55H35N3. The smallest absolute Gasteiger partial charge is 0.0726 e. The number of rotatable bonds is 4. The van der Waals surface area contributed by atoms with Gasteiger partial charge in [0.2, 0.25) is 0 Å². The molecule has 3 heteroatoms. The third-order valence-corrected chi connectivity index (χ3v) is 12.9. The van der Waals surface area contributed by atoms with Crippen LogP contribution in [-0.2, 0) is 5.41 Å². The standard InChI is InChI=1S/C55H35N3/c1-2-14-40-35(12-1)13-11-23-53(40)58(38-26-24-37(25-27-38)57-31-30-36-32-52-46(34-54(36)57)45-18-6-10-22-51(45)56-52)39-28-29-44-43-17-5-9-21-49(43)55(50(44)33-39)47-19-7-3-15-41(47)42-16-4-8-20-48(42)55/h1-34,56H. The molecule has 2 aromatic heterocycles. The van der Waals surface area contributed by atoms with Gasteiger partial charge >= 0.3 is 0 Å². The van der Waals surface area contributed by atoms with E-state index in [1.54, 1.807) is 0 Å². The topological polar surface area (TPSA) is 24.0 Å². The van der Waals surface area contributed by atoms with Crippen LogP contribution < -0.4 is 4.90 Å². The Morgan fingerprint density at radius 1 is 0.397 bits per heavy atom. The quantitative estimate of drug-likeness (QED) is 0.191. The maximum absolute atomic E-state index is 3.61. The molecule has 270 valence electrons. The predicted octanol–water partition coefficient (Wildman–Crippen LogP) is 14.2. The number of aromatic nitrogens is 2. The normalized spacial score (nSPS) is 13.3. The van der Waals surface area contributed by atoms with Gasteiger partial charge in [0, 0.05) is 55.8 Å². The minimum atomic E-state index is -0.422. The molecule has 2 aliphatic rings. The Balaban J connectivity index is 1.01. The molecule has 0 amide bonds. The van der Waals surface area contributed by atoms with Crippen molar-refractivity contribution in [3.05, 3.63) is 229 Å². The molecule has 9 aromatic carbocycles. The van der Waals surface area contributed by atoms with E-state index in [9.17, 15) is 0 Å². The lowest BCUT2D eigenvalue weighted by atomic mass is 9.70. The minimum absolute atomic E-state index is 0.422. The molecule has 0 saturated carbocycles. The zero-order valence-corrected chi connectivity index (χ0v) is 31.5. The van der Waals surface area contributed by atoms with Crippen molar-refractivity contribution >= 4 is 60.5 Å². The maximum atomic E-state index is 3.61. The average molecular weight is 738 g/mol. The summed E-state index contributed by atoms with van der Waals surface area (Å²) in [5.74, 6) is 0. The monoisotopic (exact) mass is 737 g/mol. The highest BCUT2D eigenvalue weighted by molar-refractivity contribution is 6.12. The maximum Gasteiger partial charge on any atom is 0.0726 e. The predicted molar refractivity (Wildman–Crippen MR) is 241 cm³/mol. The summed E-state index contributed by atoms with van der Waals surface area (Å²) in [6.07, 6.45) is 2.19. The third-order valence-electron chi connectivity index (χ3n) is 12.9. The van der Waals surface area contributed by atoms with Gasteiger partial charge in [-0.05, 0) is 117 Å². The average Bonchev–Trinajstić information content (AvgIpc) is 4.03. The minimum Gasteiger partial charge on any atom is -0.354 e. The van der Waals surface area contributed by atoms with Crippen molar-refractivity contribution in [2.24, 2.45) is 0 Å². The van der Waals surface area contributed by atoms with Crippen molar-refractivity contribution in [1.29, 1.82) is 0 Å². The number of aromatic amines is 1. The van der Waals surface area contributed by atoms with Crippen molar-refractivity contribution in [3.8, 4) is 27.9 Å². The highest BCUT2D eigenvalue weighted by atomic mass is 15.1. The Morgan fingerprint density at radius 2 is 1.00 bits per heavy atom. The zero-order valence-electron chi connectivity index (χ0n) is 31.5. The van der Waals surface area contributed by atoms with Gasteiger partial charge < -0.3 is 14.5 Å². The van der Waals surface area contributed by atoms with Crippen LogP contribution in [0.2, 0.25) is 0 Å². The number of nitrogens with zero attached hydrogens (tertiary/aromatic N) is 2. The first kappa shape index (κ1) is 31.6. The van der Waals surface area contributed by atoms with Gasteiger partial charge in [-0.3, -0.25) is 0 Å². The third kappa shape index (κ3) is 4.17. The van der Waals surface area contributed by atoms with Crippen molar-refractivity contribution in [1.82, 2.24) is 9.55 Å². The molecule has 2 heterocycles. The number of benzene rings is 9. The van der Waals surface area contributed by atoms with Gasteiger partial charge in [0.15, 0.2) is 0 Å². The number of anilines is 3. The van der Waals surface area contributed by atoms with Gasteiger partial charge in [0.25, 0.3) is 0 Å². The van der Waals surface area contributed by atoms with Crippen LogP contribution in [0.3, 0.4) is 0 Å². The summed E-state index contributed by atoms with van der Waals surface area (Å²) in [5.41, 5.74) is 18.2. The first-order chi connectivity index (χ1) is 28.8. The molecule has 1 spiro atoms. The van der Waals surface area contributed by atoms with Gasteiger partial charge in [-0.2, -0.15) is 0 Å². The second-order valence-corrected chi connectivity index (χ2v) is 15.8. The van der Waals surface area contributed by atoms with E-state index in [1.165, 1.54) is 77.0 Å². The summed E-state index contributed by atoms with van der Waals surface area (Å²) in [6.45, 7) is 0. The summed E-state index contributed by atoms with van der Waals surface area (Å²) in [5, 5.41) is 6.13. The fourth-order valence-corrected chi connectivity index (χ4v) is 10.5. The van der Waals surface area contributed by atoms with Crippen LogP contribution in [0.1, 0.15) is 22.3 Å². The summed E-state index contributed by atoms with van der Waals surface area (Å²) < 4.78 is 2.31. The molecule has 1 N–H and O–H groups in total. The van der Waals surface area contributed by atoms with Crippen molar-refractivity contribution in [2.75, 3.05) is 4.90 Å². The highest BCUT2D eigenvalue weighted by Gasteiger charge is 2.51. The number of hydrogen-bond donors (Lipinski definition) is 1. The zero-order chi connectivity index (χ0) is 38.0. The fourth-order valence-electron chi connectivity index (χ4n) is 10.5. The Kier molecular flexibility index (Phi) is 6.37. The molecule has 58 heavy (non-hydrogen) atoms. The number of para-hydroxylation sites is 1. The van der Waals surface area contributed by atoms with Crippen LogP contribution >= 0.6 is 0 Å². The van der Waals surface area contributed by atoms with E-state index in [1.807, 2.05) is 0 Å². The molecule has 0 aliphatic heterocycles. The first-order valence-corrected chi connectivity index (χ1v) is 20.1. The fraction of sp³-hybridized carbons (Fsp3) is 0.0182. The molecule has 0 bridgehead atoms. The molecule has 3 nitrogen and oxygen atoms in total. The van der Waals surface area contributed by atoms with Crippen molar-refractivity contribution in [3.63, 3.8) is 0 Å². The number of nitrogens with one attached hydrogen (secondary N) is 1. The molecule has 0 saturated heterocycles. The van der Waals surface area contributed by atoms with Gasteiger partial charge in [-0.1, -0.05) is 133 Å². The summed E-state index contributed by atoms with van der Waals surface area (Å²) >= 11 is 0. The number of fused-ring (bicyclic) bond motifs is 15. The van der Waals surface area contributed by atoms with E-state index < -0.39 is 5.41 Å². The number of hydrogen-bond acceptors (Lipinski definition) is 1. The van der Waals surface area contributed by atoms with Crippen molar-refractivity contribution in [2.45, 2.75) is 5.41 Å². The van der Waals surface area contributed by atoms with Gasteiger partial charge in [-0.25, -0.2) is 0 Å². The van der Waals surface area contributed by atoms with E-state index in [-0.39, 0.29) is 0 Å². The lowest BCUT2D eigenvalue weighted by Crippen LogP contribution is -2.26. The van der Waals surface area contributed by atoms with Crippen LogP contribution in [0.4, 0.5) is 17.1 Å². The molecular weight excluding hydrogens is 703 g/mol. The Morgan fingerprint density at radius 3 is 1.74 bits per heavy atom. The summed E-state index contributed by atoms with van der Waals surface area (Å²) in [7, 11) is 0. The SMILES string of the molecule is c1ccc2c(c1)-c1ccccc1C21c2ccccc2-c2ccc(N(c3ccc(-n4ccc5cc6[nH]c7ccccc7c6cc54)cc3)c3cccc4ccccc34)cc21. The molecule has 0 atom stereocenters. The van der Waals surface area contributed by atoms with Gasteiger partial charge in [-0.15, -0.1) is 0 Å². The van der Waals surface area contributed by atoms with E-state index in [0.717, 1.165) is 33.8 Å². The Labute approximate surface area is 335 Å². The second kappa shape index (κ2) is 11.7. The highest BCUT2D eigenvalue weighted by Crippen LogP contribution is 2.63. The molecule has 13 rings (SSSR count). The molecule has 0 fully saturated rings. The van der Waals surface area contributed by atoms with Crippen LogP contribution in [0.25, 0.3) is 71.4 Å². The van der Waals surface area contributed by atoms with Crippen LogP contribution in [0.15, 0.2) is 206 Å². The van der Waals surface area contributed by atoms with Crippen molar-refractivity contribution < 1.29 is 0 Å². The molecule has 2 aliphatic carbocycles. The largest absolute Gasteiger partial charge is 0.354 e. The summed E-state index contributed by atoms with van der Waals surface area (Å²) in [4.78, 5) is 6.07. The van der Waals surface area contributed by atoms with Crippen LogP contribution in [-0.4, -0.2) is 9.55 Å². The van der Waals surface area contributed by atoms with E-state index in [4.69, 9.17) is 0 Å². The number of H-pyrrole nitrogens is 1. The van der Waals surface area contributed by atoms with Gasteiger partial charge in [0.05, 0.1) is 16.6 Å². The van der Waals surface area contributed by atoms with E-state index in [0.29, 0.717) is 0 Å². The Bertz CT molecular complexity index is 3400.